The van der Waals surface area contributed by atoms with E-state index in [1.165, 1.54) is 12.1 Å². The fourth-order valence-corrected chi connectivity index (χ4v) is 3.86. The maximum absolute atomic E-state index is 13.6. The first-order valence-corrected chi connectivity index (χ1v) is 11.9. The fourth-order valence-electron chi connectivity index (χ4n) is 3.86. The van der Waals surface area contributed by atoms with Gasteiger partial charge in [0.1, 0.15) is 5.82 Å². The Morgan fingerprint density at radius 1 is 1.19 bits per heavy atom. The summed E-state index contributed by atoms with van der Waals surface area (Å²) in [5.41, 5.74) is 1.72. The molecule has 190 valence electrons. The van der Waals surface area contributed by atoms with E-state index in [4.69, 9.17) is 19.2 Å². The number of methoxy groups -OCH3 is 1. The van der Waals surface area contributed by atoms with Crippen LogP contribution in [0.2, 0.25) is 0 Å². The quantitative estimate of drug-likeness (QED) is 0.386. The number of aromatic amines is 1. The Balaban J connectivity index is 1.39. The largest absolute Gasteiger partial charge is 0.383 e. The molecule has 0 spiro atoms. The molecule has 3 heterocycles. The molecule has 1 aromatic carbocycles. The standard InChI is InChI=1S/C25H29FN6O4/c1-25(23(33)27-11-12-34-2)13-35-22(36-14-25)21-31-19(15-3-5-16(26)6-4-15)20(32-21)18-9-10-28-24(30-18)29-17-7-8-17/h3-6,9-10,17,22H,7-8,11-14H2,1-2H3,(H,27,33)(H,31,32)(H,28,29,30). The number of ether oxygens (including phenoxy) is 3. The van der Waals surface area contributed by atoms with Gasteiger partial charge in [-0.15, -0.1) is 0 Å². The van der Waals surface area contributed by atoms with Crippen LogP contribution in [0.15, 0.2) is 36.5 Å². The number of halogens is 1. The Kier molecular flexibility index (Phi) is 6.95. The number of amides is 1. The van der Waals surface area contributed by atoms with Gasteiger partial charge < -0.3 is 29.8 Å². The number of H-pyrrole nitrogens is 1. The van der Waals surface area contributed by atoms with Crippen molar-refractivity contribution in [1.29, 1.82) is 0 Å². The maximum atomic E-state index is 13.6. The molecule has 3 aromatic rings. The average molecular weight is 497 g/mol. The van der Waals surface area contributed by atoms with Gasteiger partial charge in [-0.3, -0.25) is 4.79 Å². The number of hydrogen-bond acceptors (Lipinski definition) is 8. The number of benzene rings is 1. The zero-order chi connectivity index (χ0) is 25.1. The third-order valence-corrected chi connectivity index (χ3v) is 6.13. The number of nitrogens with zero attached hydrogens (tertiary/aromatic N) is 3. The van der Waals surface area contributed by atoms with Gasteiger partial charge in [0.2, 0.25) is 18.1 Å². The van der Waals surface area contributed by atoms with Gasteiger partial charge in [-0.2, -0.15) is 0 Å². The average Bonchev–Trinajstić information content (AvgIpc) is 3.59. The van der Waals surface area contributed by atoms with Crippen molar-refractivity contribution < 1.29 is 23.4 Å². The number of hydrogen-bond donors (Lipinski definition) is 3. The van der Waals surface area contributed by atoms with E-state index < -0.39 is 11.7 Å². The first-order valence-electron chi connectivity index (χ1n) is 11.9. The number of rotatable bonds is 9. The van der Waals surface area contributed by atoms with E-state index in [9.17, 15) is 9.18 Å². The Bertz CT molecular complexity index is 1210. The van der Waals surface area contributed by atoms with Crippen LogP contribution < -0.4 is 10.6 Å². The Morgan fingerprint density at radius 2 is 1.94 bits per heavy atom. The summed E-state index contributed by atoms with van der Waals surface area (Å²) in [4.78, 5) is 29.6. The molecular formula is C25H29FN6O4. The lowest BCUT2D eigenvalue weighted by atomic mass is 9.91. The summed E-state index contributed by atoms with van der Waals surface area (Å²) in [5.74, 6) is 0.468. The summed E-state index contributed by atoms with van der Waals surface area (Å²) in [5, 5.41) is 6.13. The normalized spacial score (nSPS) is 21.8. The number of aromatic nitrogens is 4. The van der Waals surface area contributed by atoms with Gasteiger partial charge in [-0.1, -0.05) is 0 Å². The van der Waals surface area contributed by atoms with Gasteiger partial charge in [0.15, 0.2) is 5.82 Å². The number of nitrogens with one attached hydrogen (secondary N) is 3. The summed E-state index contributed by atoms with van der Waals surface area (Å²) in [6.45, 7) is 2.93. The monoisotopic (exact) mass is 496 g/mol. The van der Waals surface area contributed by atoms with Crippen LogP contribution in [-0.2, 0) is 19.0 Å². The molecule has 2 aromatic heterocycles. The van der Waals surface area contributed by atoms with Crippen molar-refractivity contribution in [2.24, 2.45) is 5.41 Å². The second-order valence-corrected chi connectivity index (χ2v) is 9.30. The molecule has 1 saturated heterocycles. The van der Waals surface area contributed by atoms with Gasteiger partial charge in [0.25, 0.3) is 0 Å². The molecule has 2 aliphatic rings. The van der Waals surface area contributed by atoms with Crippen LogP contribution in [0, 0.1) is 11.2 Å². The predicted molar refractivity (Wildman–Crippen MR) is 129 cm³/mol. The lowest BCUT2D eigenvalue weighted by Gasteiger charge is -2.35. The Morgan fingerprint density at radius 3 is 2.64 bits per heavy atom. The molecule has 1 aliphatic heterocycles. The molecule has 3 N–H and O–H groups in total. The second-order valence-electron chi connectivity index (χ2n) is 9.30. The molecule has 2 fully saturated rings. The highest BCUT2D eigenvalue weighted by molar-refractivity contribution is 5.82. The molecule has 5 rings (SSSR count). The summed E-state index contributed by atoms with van der Waals surface area (Å²) in [7, 11) is 1.58. The van der Waals surface area contributed by atoms with Crippen molar-refractivity contribution in [2.45, 2.75) is 32.1 Å². The molecule has 0 bridgehead atoms. The summed E-state index contributed by atoms with van der Waals surface area (Å²) < 4.78 is 30.5. The van der Waals surface area contributed by atoms with Crippen molar-refractivity contribution in [2.75, 3.05) is 38.8 Å². The Labute approximate surface area is 208 Å². The molecule has 1 saturated carbocycles. The smallest absolute Gasteiger partial charge is 0.230 e. The summed E-state index contributed by atoms with van der Waals surface area (Å²) in [6.07, 6.45) is 3.08. The number of imidazole rings is 1. The lowest BCUT2D eigenvalue weighted by molar-refractivity contribution is -0.231. The fraction of sp³-hybridized carbons (Fsp3) is 0.440. The van der Waals surface area contributed by atoms with Crippen LogP contribution in [0.3, 0.4) is 0 Å². The third-order valence-electron chi connectivity index (χ3n) is 6.13. The van der Waals surface area contributed by atoms with Crippen molar-refractivity contribution in [3.8, 4) is 22.6 Å². The number of carbonyl (C=O) groups is 1. The number of anilines is 1. The minimum absolute atomic E-state index is 0.154. The van der Waals surface area contributed by atoms with Gasteiger partial charge in [0, 0.05) is 31.5 Å². The minimum Gasteiger partial charge on any atom is -0.383 e. The zero-order valence-corrected chi connectivity index (χ0v) is 20.2. The van der Waals surface area contributed by atoms with E-state index in [-0.39, 0.29) is 24.9 Å². The highest BCUT2D eigenvalue weighted by atomic mass is 19.1. The zero-order valence-electron chi connectivity index (χ0n) is 20.2. The van der Waals surface area contributed by atoms with E-state index >= 15 is 0 Å². The third kappa shape index (κ3) is 5.38. The first-order chi connectivity index (χ1) is 17.4. The SMILES string of the molecule is COCCNC(=O)C1(C)COC(c2nc(-c3ccc(F)cc3)c(-c3ccnc(NC4CC4)n3)[nH]2)OC1. The van der Waals surface area contributed by atoms with Crippen molar-refractivity contribution >= 4 is 11.9 Å². The molecule has 0 atom stereocenters. The van der Waals surface area contributed by atoms with E-state index in [0.717, 1.165) is 12.8 Å². The van der Waals surface area contributed by atoms with E-state index in [0.29, 0.717) is 53.6 Å². The molecule has 10 nitrogen and oxygen atoms in total. The van der Waals surface area contributed by atoms with E-state index in [2.05, 4.69) is 25.6 Å². The molecular weight excluding hydrogens is 467 g/mol. The second kappa shape index (κ2) is 10.3. The molecule has 36 heavy (non-hydrogen) atoms. The van der Waals surface area contributed by atoms with Gasteiger partial charge >= 0.3 is 0 Å². The highest BCUT2D eigenvalue weighted by Gasteiger charge is 2.40. The molecule has 0 unspecified atom stereocenters. The minimum atomic E-state index is -0.838. The first kappa shape index (κ1) is 24.3. The maximum Gasteiger partial charge on any atom is 0.230 e. The van der Waals surface area contributed by atoms with Crippen LogP contribution in [0.5, 0.6) is 0 Å². The van der Waals surface area contributed by atoms with Crippen molar-refractivity contribution in [1.82, 2.24) is 25.3 Å². The predicted octanol–water partition coefficient (Wildman–Crippen LogP) is 3.06. The van der Waals surface area contributed by atoms with E-state index in [1.54, 1.807) is 38.4 Å². The van der Waals surface area contributed by atoms with Gasteiger partial charge in [0.05, 0.1) is 42.3 Å². The lowest BCUT2D eigenvalue weighted by Crippen LogP contribution is -2.49. The molecule has 0 radical (unpaired) electrons. The van der Waals surface area contributed by atoms with Crippen LogP contribution in [-0.4, -0.2) is 65.4 Å². The molecule has 11 heteroatoms. The highest BCUT2D eigenvalue weighted by Crippen LogP contribution is 2.35. The van der Waals surface area contributed by atoms with E-state index in [1.807, 2.05) is 0 Å². The van der Waals surface area contributed by atoms with Gasteiger partial charge in [-0.25, -0.2) is 19.3 Å². The summed E-state index contributed by atoms with van der Waals surface area (Å²) in [6, 6.07) is 8.27. The topological polar surface area (TPSA) is 123 Å². The molecule has 1 aliphatic carbocycles. The molecule has 1 amide bonds. The van der Waals surface area contributed by atoms with Crippen LogP contribution in [0.4, 0.5) is 10.3 Å². The van der Waals surface area contributed by atoms with Gasteiger partial charge in [-0.05, 0) is 50.1 Å². The van der Waals surface area contributed by atoms with Crippen LogP contribution in [0.1, 0.15) is 31.9 Å². The van der Waals surface area contributed by atoms with Crippen molar-refractivity contribution in [3.05, 3.63) is 48.2 Å². The van der Waals surface area contributed by atoms with Crippen LogP contribution in [0.25, 0.3) is 22.6 Å². The Hall–Kier alpha value is -3.41. The summed E-state index contributed by atoms with van der Waals surface area (Å²) >= 11 is 0. The number of carbonyl (C=O) groups excluding carboxylic acids is 1. The van der Waals surface area contributed by atoms with Crippen molar-refractivity contribution in [3.63, 3.8) is 0 Å². The van der Waals surface area contributed by atoms with Crippen LogP contribution >= 0.6 is 0 Å².